The number of carbonyl (C=O) groups excluding carboxylic acids is 2. The summed E-state index contributed by atoms with van der Waals surface area (Å²) in [5.41, 5.74) is 2.81. The number of urea groups is 1. The topological polar surface area (TPSA) is 77.6 Å². The van der Waals surface area contributed by atoms with Crippen molar-refractivity contribution in [2.45, 2.75) is 38.5 Å². The van der Waals surface area contributed by atoms with Crippen LogP contribution in [0.25, 0.3) is 0 Å². The first-order valence-electron chi connectivity index (χ1n) is 10.2. The highest BCUT2D eigenvalue weighted by Gasteiger charge is 2.27. The minimum Gasteiger partial charge on any atom is -0.369 e. The normalized spacial score (nSPS) is 19.4. The molecule has 0 unspecified atom stereocenters. The van der Waals surface area contributed by atoms with Crippen LogP contribution in [0.3, 0.4) is 0 Å². The fraction of sp³-hybridized carbons (Fsp3) is 0.650. The average Bonchev–Trinajstić information content (AvgIpc) is 3.41. The van der Waals surface area contributed by atoms with Crippen LogP contribution in [0.1, 0.15) is 47.3 Å². The van der Waals surface area contributed by atoms with Gasteiger partial charge in [0.1, 0.15) is 5.82 Å². The van der Waals surface area contributed by atoms with Gasteiger partial charge in [-0.15, -0.1) is 0 Å². The maximum absolute atomic E-state index is 13.1. The van der Waals surface area contributed by atoms with Crippen molar-refractivity contribution in [3.05, 3.63) is 22.9 Å². The predicted octanol–water partition coefficient (Wildman–Crippen LogP) is 1.88. The van der Waals surface area contributed by atoms with E-state index in [1.807, 2.05) is 15.9 Å². The summed E-state index contributed by atoms with van der Waals surface area (Å²) >= 11 is 0. The van der Waals surface area contributed by atoms with E-state index in [1.165, 1.54) is 12.8 Å². The highest BCUT2D eigenvalue weighted by atomic mass is 16.2. The van der Waals surface area contributed by atoms with Crippen molar-refractivity contribution in [3.63, 3.8) is 0 Å². The molecule has 1 aromatic heterocycles. The molecule has 1 aromatic rings. The molecule has 7 heteroatoms. The molecule has 1 saturated heterocycles. The molecule has 3 amide bonds. The van der Waals surface area contributed by atoms with Crippen LogP contribution in [0, 0.1) is 5.92 Å². The van der Waals surface area contributed by atoms with Gasteiger partial charge in [0.2, 0.25) is 0 Å². The van der Waals surface area contributed by atoms with Crippen LogP contribution in [0.5, 0.6) is 0 Å². The smallest absolute Gasteiger partial charge is 0.317 e. The third-order valence-corrected chi connectivity index (χ3v) is 5.84. The quantitative estimate of drug-likeness (QED) is 0.847. The first kappa shape index (κ1) is 18.1. The number of likely N-dealkylation sites (tertiary alicyclic amines) is 1. The molecule has 0 atom stereocenters. The molecule has 2 fully saturated rings. The molecule has 0 spiro atoms. The van der Waals surface area contributed by atoms with Crippen LogP contribution in [0.2, 0.25) is 0 Å². The monoisotopic (exact) mass is 371 g/mol. The third-order valence-electron chi connectivity index (χ3n) is 5.84. The van der Waals surface area contributed by atoms with E-state index in [0.29, 0.717) is 24.6 Å². The van der Waals surface area contributed by atoms with Crippen molar-refractivity contribution < 1.29 is 9.59 Å². The fourth-order valence-electron chi connectivity index (χ4n) is 3.95. The number of nitrogens with zero attached hydrogens (tertiary/aromatic N) is 3. The Balaban J connectivity index is 1.60. The number of anilines is 1. The van der Waals surface area contributed by atoms with E-state index in [-0.39, 0.29) is 11.9 Å². The Morgan fingerprint density at radius 2 is 1.85 bits per heavy atom. The molecule has 3 aliphatic rings. The molecule has 146 valence electrons. The Morgan fingerprint density at radius 3 is 2.56 bits per heavy atom. The van der Waals surface area contributed by atoms with E-state index in [2.05, 4.69) is 10.6 Å². The van der Waals surface area contributed by atoms with Gasteiger partial charge in [-0.2, -0.15) is 0 Å². The van der Waals surface area contributed by atoms with E-state index in [0.717, 1.165) is 62.4 Å². The average molecular weight is 371 g/mol. The Labute approximate surface area is 160 Å². The SMILES string of the molecule is CNC(=O)N1CCc2cc(C(=O)N3CCCC3)c(NCC3CC3)nc2CC1. The molecule has 2 N–H and O–H groups in total. The summed E-state index contributed by atoms with van der Waals surface area (Å²) in [6.45, 7) is 3.86. The molecular weight excluding hydrogens is 342 g/mol. The second-order valence-corrected chi connectivity index (χ2v) is 7.86. The number of aromatic nitrogens is 1. The number of pyridine rings is 1. The largest absolute Gasteiger partial charge is 0.369 e. The molecule has 0 bridgehead atoms. The van der Waals surface area contributed by atoms with Gasteiger partial charge in [0, 0.05) is 51.9 Å². The summed E-state index contributed by atoms with van der Waals surface area (Å²) in [7, 11) is 1.66. The van der Waals surface area contributed by atoms with Gasteiger partial charge in [0.05, 0.1) is 5.56 Å². The number of carbonyl (C=O) groups is 2. The summed E-state index contributed by atoms with van der Waals surface area (Å²) < 4.78 is 0. The molecule has 4 rings (SSSR count). The van der Waals surface area contributed by atoms with Crippen molar-refractivity contribution >= 4 is 17.8 Å². The van der Waals surface area contributed by atoms with Crippen molar-refractivity contribution in [1.82, 2.24) is 20.1 Å². The first-order valence-corrected chi connectivity index (χ1v) is 10.2. The third kappa shape index (κ3) is 4.01. The van der Waals surface area contributed by atoms with E-state index in [4.69, 9.17) is 4.98 Å². The Kier molecular flexibility index (Phi) is 5.18. The zero-order valence-electron chi connectivity index (χ0n) is 16.1. The maximum Gasteiger partial charge on any atom is 0.317 e. The summed E-state index contributed by atoms with van der Waals surface area (Å²) in [6, 6.07) is 1.98. The zero-order chi connectivity index (χ0) is 18.8. The lowest BCUT2D eigenvalue weighted by atomic mass is 10.0. The van der Waals surface area contributed by atoms with Gasteiger partial charge in [0.25, 0.3) is 5.91 Å². The summed E-state index contributed by atoms with van der Waals surface area (Å²) in [5.74, 6) is 1.53. The summed E-state index contributed by atoms with van der Waals surface area (Å²) in [4.78, 5) is 33.7. The number of rotatable bonds is 4. The molecule has 0 aromatic carbocycles. The van der Waals surface area contributed by atoms with E-state index in [9.17, 15) is 9.59 Å². The van der Waals surface area contributed by atoms with Crippen LogP contribution >= 0.6 is 0 Å². The van der Waals surface area contributed by atoms with Gasteiger partial charge in [-0.25, -0.2) is 9.78 Å². The molecule has 2 aliphatic heterocycles. The first-order chi connectivity index (χ1) is 13.2. The summed E-state index contributed by atoms with van der Waals surface area (Å²) in [6.07, 6.45) is 6.13. The van der Waals surface area contributed by atoms with E-state index >= 15 is 0 Å². The van der Waals surface area contributed by atoms with Gasteiger partial charge < -0.3 is 20.4 Å². The van der Waals surface area contributed by atoms with Gasteiger partial charge >= 0.3 is 6.03 Å². The summed E-state index contributed by atoms with van der Waals surface area (Å²) in [5, 5.41) is 6.14. The zero-order valence-corrected chi connectivity index (χ0v) is 16.1. The number of nitrogens with one attached hydrogen (secondary N) is 2. The van der Waals surface area contributed by atoms with Gasteiger partial charge in [-0.1, -0.05) is 0 Å². The minimum absolute atomic E-state index is 0.0525. The van der Waals surface area contributed by atoms with Crippen molar-refractivity contribution in [3.8, 4) is 0 Å². The second kappa shape index (κ2) is 7.74. The fourth-order valence-corrected chi connectivity index (χ4v) is 3.95. The Bertz CT molecular complexity index is 725. The van der Waals surface area contributed by atoms with Gasteiger partial charge in [-0.3, -0.25) is 4.79 Å². The van der Waals surface area contributed by atoms with Crippen molar-refractivity contribution in [1.29, 1.82) is 0 Å². The molecule has 27 heavy (non-hydrogen) atoms. The minimum atomic E-state index is -0.0525. The predicted molar refractivity (Wildman–Crippen MR) is 104 cm³/mol. The highest BCUT2D eigenvalue weighted by Crippen LogP contribution is 2.30. The molecule has 1 aliphatic carbocycles. The van der Waals surface area contributed by atoms with E-state index in [1.54, 1.807) is 7.05 Å². The number of fused-ring (bicyclic) bond motifs is 1. The number of hydrogen-bond donors (Lipinski definition) is 2. The Morgan fingerprint density at radius 1 is 1.11 bits per heavy atom. The van der Waals surface area contributed by atoms with Gasteiger partial charge in [-0.05, 0) is 49.7 Å². The lowest BCUT2D eigenvalue weighted by Crippen LogP contribution is -2.39. The van der Waals surface area contributed by atoms with E-state index < -0.39 is 0 Å². The highest BCUT2D eigenvalue weighted by molar-refractivity contribution is 5.99. The van der Waals surface area contributed by atoms with Crippen molar-refractivity contribution in [2.75, 3.05) is 45.1 Å². The van der Waals surface area contributed by atoms with Crippen LogP contribution in [-0.4, -0.2) is 66.5 Å². The van der Waals surface area contributed by atoms with Crippen molar-refractivity contribution in [2.24, 2.45) is 5.92 Å². The molecular formula is C20H29N5O2. The van der Waals surface area contributed by atoms with Gasteiger partial charge in [0.15, 0.2) is 0 Å². The second-order valence-electron chi connectivity index (χ2n) is 7.86. The molecule has 0 radical (unpaired) electrons. The van der Waals surface area contributed by atoms with Crippen LogP contribution in [0.15, 0.2) is 6.07 Å². The Hall–Kier alpha value is -2.31. The molecule has 1 saturated carbocycles. The number of hydrogen-bond acceptors (Lipinski definition) is 4. The lowest BCUT2D eigenvalue weighted by molar-refractivity contribution is 0.0793. The maximum atomic E-state index is 13.1. The van der Waals surface area contributed by atoms with Crippen LogP contribution < -0.4 is 10.6 Å². The molecule has 7 nitrogen and oxygen atoms in total. The van der Waals surface area contributed by atoms with Crippen LogP contribution in [-0.2, 0) is 12.8 Å². The number of amides is 3. The van der Waals surface area contributed by atoms with Crippen LogP contribution in [0.4, 0.5) is 10.6 Å². The molecule has 3 heterocycles. The standard InChI is InChI=1S/C20H29N5O2/c1-21-20(27)25-10-6-15-12-16(19(26)24-8-2-3-9-24)18(22-13-14-4-5-14)23-17(15)7-11-25/h12,14H,2-11,13H2,1H3,(H,21,27)(H,22,23). The lowest BCUT2D eigenvalue weighted by Gasteiger charge is -2.19.